The van der Waals surface area contributed by atoms with E-state index in [2.05, 4.69) is 18.3 Å². The molecule has 2 atom stereocenters. The Kier molecular flexibility index (Phi) is 3.87. The monoisotopic (exact) mass is 248 g/mol. The Morgan fingerprint density at radius 1 is 1.56 bits per heavy atom. The number of para-hydroxylation sites is 1. The summed E-state index contributed by atoms with van der Waals surface area (Å²) in [5.74, 6) is 0.393. The number of fused-ring (bicyclic) bond motifs is 1. The van der Waals surface area contributed by atoms with Gasteiger partial charge in [-0.1, -0.05) is 25.1 Å². The van der Waals surface area contributed by atoms with E-state index in [-0.39, 0.29) is 12.1 Å². The maximum atomic E-state index is 12.2. The van der Waals surface area contributed by atoms with Crippen LogP contribution in [-0.2, 0) is 4.74 Å². The third-order valence-electron chi connectivity index (χ3n) is 3.25. The third kappa shape index (κ3) is 2.48. The average Bonchev–Trinajstić information content (AvgIpc) is 2.68. The van der Waals surface area contributed by atoms with Crippen LogP contribution in [0, 0.1) is 0 Å². The standard InChI is InChI=1S/C14H20N2O2/c1-10-8-16(13-7-5-4-6-12(10)13)14(17)15-11(2)9-18-3/h4-7,10-11H,8-9H2,1-3H3,(H,15,17). The van der Waals surface area contributed by atoms with Crippen LogP contribution in [-0.4, -0.2) is 32.3 Å². The molecule has 1 aromatic rings. The highest BCUT2D eigenvalue weighted by Gasteiger charge is 2.29. The highest BCUT2D eigenvalue weighted by molar-refractivity contribution is 5.94. The maximum absolute atomic E-state index is 12.2. The van der Waals surface area contributed by atoms with Crippen LogP contribution in [0.3, 0.4) is 0 Å². The predicted octanol–water partition coefficient (Wildman–Crippen LogP) is 2.35. The van der Waals surface area contributed by atoms with Gasteiger partial charge >= 0.3 is 6.03 Å². The van der Waals surface area contributed by atoms with Gasteiger partial charge in [-0.05, 0) is 18.6 Å². The van der Waals surface area contributed by atoms with Crippen molar-refractivity contribution < 1.29 is 9.53 Å². The van der Waals surface area contributed by atoms with Crippen molar-refractivity contribution in [2.75, 3.05) is 25.2 Å². The van der Waals surface area contributed by atoms with Crippen LogP contribution in [0.5, 0.6) is 0 Å². The number of carbonyl (C=O) groups is 1. The van der Waals surface area contributed by atoms with Gasteiger partial charge < -0.3 is 10.1 Å². The number of hydrogen-bond acceptors (Lipinski definition) is 2. The Balaban J connectivity index is 2.09. The number of anilines is 1. The van der Waals surface area contributed by atoms with Gasteiger partial charge in [0.25, 0.3) is 0 Å². The molecule has 1 aliphatic heterocycles. The quantitative estimate of drug-likeness (QED) is 0.892. The van der Waals surface area contributed by atoms with Crippen molar-refractivity contribution in [2.45, 2.75) is 25.8 Å². The molecule has 0 fully saturated rings. The van der Waals surface area contributed by atoms with Gasteiger partial charge in [-0.3, -0.25) is 4.90 Å². The predicted molar refractivity (Wildman–Crippen MR) is 72.1 cm³/mol. The second-order valence-electron chi connectivity index (χ2n) is 4.88. The van der Waals surface area contributed by atoms with Gasteiger partial charge in [0, 0.05) is 25.3 Å². The first-order chi connectivity index (χ1) is 8.63. The van der Waals surface area contributed by atoms with Crippen molar-refractivity contribution in [3.05, 3.63) is 29.8 Å². The molecular weight excluding hydrogens is 228 g/mol. The van der Waals surface area contributed by atoms with E-state index < -0.39 is 0 Å². The van der Waals surface area contributed by atoms with Crippen LogP contribution < -0.4 is 10.2 Å². The summed E-state index contributed by atoms with van der Waals surface area (Å²) in [6, 6.07) is 8.05. The number of nitrogens with zero attached hydrogens (tertiary/aromatic N) is 1. The summed E-state index contributed by atoms with van der Waals surface area (Å²) in [7, 11) is 1.63. The van der Waals surface area contributed by atoms with Gasteiger partial charge in [0.2, 0.25) is 0 Å². The molecule has 0 saturated carbocycles. The fourth-order valence-electron chi connectivity index (χ4n) is 2.39. The third-order valence-corrected chi connectivity index (χ3v) is 3.25. The minimum Gasteiger partial charge on any atom is -0.383 e. The molecule has 0 bridgehead atoms. The lowest BCUT2D eigenvalue weighted by Gasteiger charge is -2.21. The summed E-state index contributed by atoms with van der Waals surface area (Å²) in [5, 5.41) is 2.95. The van der Waals surface area contributed by atoms with Gasteiger partial charge in [-0.15, -0.1) is 0 Å². The lowest BCUT2D eigenvalue weighted by molar-refractivity contribution is 0.172. The molecule has 1 N–H and O–H groups in total. The second-order valence-corrected chi connectivity index (χ2v) is 4.88. The Bertz CT molecular complexity index is 434. The number of methoxy groups -OCH3 is 1. The summed E-state index contributed by atoms with van der Waals surface area (Å²) in [4.78, 5) is 14.0. The molecule has 98 valence electrons. The molecule has 2 unspecified atom stereocenters. The van der Waals surface area contributed by atoms with Crippen LogP contribution in [0.2, 0.25) is 0 Å². The minimum atomic E-state index is -0.0450. The number of benzene rings is 1. The molecule has 18 heavy (non-hydrogen) atoms. The second kappa shape index (κ2) is 5.40. The van der Waals surface area contributed by atoms with Crippen molar-refractivity contribution in [3.8, 4) is 0 Å². The van der Waals surface area contributed by atoms with Crippen molar-refractivity contribution in [1.82, 2.24) is 5.32 Å². The molecule has 1 aromatic carbocycles. The summed E-state index contributed by atoms with van der Waals surface area (Å²) < 4.78 is 5.02. The number of rotatable bonds is 3. The molecule has 0 saturated heterocycles. The van der Waals surface area contributed by atoms with Crippen LogP contribution in [0.4, 0.5) is 10.5 Å². The normalized spacial score (nSPS) is 19.5. The van der Waals surface area contributed by atoms with Crippen molar-refractivity contribution >= 4 is 11.7 Å². The summed E-state index contributed by atoms with van der Waals surface area (Å²) in [5.41, 5.74) is 2.26. The molecule has 0 spiro atoms. The topological polar surface area (TPSA) is 41.6 Å². The van der Waals surface area contributed by atoms with E-state index in [1.807, 2.05) is 30.0 Å². The molecule has 1 aliphatic rings. The summed E-state index contributed by atoms with van der Waals surface area (Å²) in [6.45, 7) is 5.35. The molecular formula is C14H20N2O2. The molecule has 0 radical (unpaired) electrons. The Labute approximate surface area is 108 Å². The van der Waals surface area contributed by atoms with E-state index in [0.29, 0.717) is 12.5 Å². The SMILES string of the molecule is COCC(C)NC(=O)N1CC(C)c2ccccc21. The largest absolute Gasteiger partial charge is 0.383 e. The van der Waals surface area contributed by atoms with Crippen LogP contribution in [0.1, 0.15) is 25.3 Å². The van der Waals surface area contributed by atoms with Crippen molar-refractivity contribution in [3.63, 3.8) is 0 Å². The Hall–Kier alpha value is -1.55. The first kappa shape index (κ1) is 12.9. The van der Waals surface area contributed by atoms with Gasteiger partial charge in [-0.2, -0.15) is 0 Å². The van der Waals surface area contributed by atoms with E-state index in [1.54, 1.807) is 7.11 Å². The van der Waals surface area contributed by atoms with E-state index in [9.17, 15) is 4.79 Å². The molecule has 2 amide bonds. The number of carbonyl (C=O) groups excluding carboxylic acids is 1. The van der Waals surface area contributed by atoms with Crippen LogP contribution in [0.25, 0.3) is 0 Å². The highest BCUT2D eigenvalue weighted by atomic mass is 16.5. The summed E-state index contributed by atoms with van der Waals surface area (Å²) in [6.07, 6.45) is 0. The average molecular weight is 248 g/mol. The number of nitrogens with one attached hydrogen (secondary N) is 1. The van der Waals surface area contributed by atoms with E-state index in [0.717, 1.165) is 12.2 Å². The fraction of sp³-hybridized carbons (Fsp3) is 0.500. The Morgan fingerprint density at radius 2 is 2.28 bits per heavy atom. The Morgan fingerprint density at radius 3 is 3.00 bits per heavy atom. The lowest BCUT2D eigenvalue weighted by atomic mass is 10.0. The van der Waals surface area contributed by atoms with E-state index in [1.165, 1.54) is 5.56 Å². The zero-order valence-electron chi connectivity index (χ0n) is 11.1. The summed E-state index contributed by atoms with van der Waals surface area (Å²) >= 11 is 0. The van der Waals surface area contributed by atoms with Gasteiger partial charge in [0.05, 0.1) is 12.6 Å². The van der Waals surface area contributed by atoms with Gasteiger partial charge in [0.1, 0.15) is 0 Å². The number of hydrogen-bond donors (Lipinski definition) is 1. The molecule has 2 rings (SSSR count). The number of amides is 2. The first-order valence-corrected chi connectivity index (χ1v) is 6.29. The first-order valence-electron chi connectivity index (χ1n) is 6.29. The van der Waals surface area contributed by atoms with E-state index >= 15 is 0 Å². The number of urea groups is 1. The van der Waals surface area contributed by atoms with Crippen LogP contribution in [0.15, 0.2) is 24.3 Å². The fourth-order valence-corrected chi connectivity index (χ4v) is 2.39. The molecule has 1 heterocycles. The maximum Gasteiger partial charge on any atom is 0.322 e. The van der Waals surface area contributed by atoms with Crippen LogP contribution >= 0.6 is 0 Å². The van der Waals surface area contributed by atoms with Crippen molar-refractivity contribution in [2.24, 2.45) is 0 Å². The minimum absolute atomic E-state index is 0.0190. The van der Waals surface area contributed by atoms with Gasteiger partial charge in [-0.25, -0.2) is 4.79 Å². The zero-order valence-corrected chi connectivity index (χ0v) is 11.1. The smallest absolute Gasteiger partial charge is 0.322 e. The molecule has 0 aromatic heterocycles. The highest BCUT2D eigenvalue weighted by Crippen LogP contribution is 2.35. The lowest BCUT2D eigenvalue weighted by Crippen LogP contribution is -2.44. The molecule has 4 heteroatoms. The van der Waals surface area contributed by atoms with E-state index in [4.69, 9.17) is 4.74 Å². The zero-order chi connectivity index (χ0) is 13.1. The molecule has 4 nitrogen and oxygen atoms in total. The molecule has 0 aliphatic carbocycles. The van der Waals surface area contributed by atoms with Crippen molar-refractivity contribution in [1.29, 1.82) is 0 Å². The van der Waals surface area contributed by atoms with Gasteiger partial charge in [0.15, 0.2) is 0 Å². The number of ether oxygens (including phenoxy) is 1.